The SMILES string of the molecule is COc1cc2ncnc(Nc3ccc(OCc4cccc(F)c4)c(Cl)c3)c2cc1-c1csc(CNCCS(=O)(=O)c2ccccn2)n1. The van der Waals surface area contributed by atoms with Gasteiger partial charge in [0.15, 0.2) is 14.9 Å². The van der Waals surface area contributed by atoms with Crippen molar-refractivity contribution in [3.8, 4) is 22.8 Å². The normalized spacial score (nSPS) is 11.5. The van der Waals surface area contributed by atoms with Crippen LogP contribution in [0.1, 0.15) is 10.6 Å². The molecule has 0 aliphatic rings. The Morgan fingerprint density at radius 3 is 2.66 bits per heavy atom. The van der Waals surface area contributed by atoms with Crippen molar-refractivity contribution < 1.29 is 22.3 Å². The van der Waals surface area contributed by atoms with Crippen LogP contribution in [0.5, 0.6) is 11.5 Å². The van der Waals surface area contributed by atoms with E-state index in [0.29, 0.717) is 51.3 Å². The first-order valence-corrected chi connectivity index (χ1v) is 17.3. The molecule has 0 atom stereocenters. The van der Waals surface area contributed by atoms with E-state index in [0.717, 1.165) is 16.0 Å². The minimum absolute atomic E-state index is 0.0614. The number of pyridine rings is 1. The van der Waals surface area contributed by atoms with E-state index in [1.54, 1.807) is 43.5 Å². The first-order valence-electron chi connectivity index (χ1n) is 14.3. The molecule has 0 radical (unpaired) electrons. The van der Waals surface area contributed by atoms with Gasteiger partial charge in [0.05, 0.1) is 29.1 Å². The third-order valence-corrected chi connectivity index (χ3v) is 9.81. The number of aromatic nitrogens is 4. The molecule has 0 fully saturated rings. The van der Waals surface area contributed by atoms with Gasteiger partial charge in [-0.3, -0.25) is 0 Å². The van der Waals surface area contributed by atoms with Crippen molar-refractivity contribution in [3.63, 3.8) is 0 Å². The minimum atomic E-state index is -3.48. The Bertz CT molecular complexity index is 2130. The first kappa shape index (κ1) is 32.3. The Kier molecular flexibility index (Phi) is 9.87. The number of benzene rings is 3. The van der Waals surface area contributed by atoms with Crippen LogP contribution in [0.15, 0.2) is 95.7 Å². The first-order chi connectivity index (χ1) is 22.8. The predicted molar refractivity (Wildman–Crippen MR) is 181 cm³/mol. The second-order valence-electron chi connectivity index (χ2n) is 10.3. The van der Waals surface area contributed by atoms with Crippen LogP contribution < -0.4 is 20.1 Å². The fourth-order valence-corrected chi connectivity index (χ4v) is 6.85. The van der Waals surface area contributed by atoms with Crippen molar-refractivity contribution >= 4 is 55.2 Å². The molecule has 3 aromatic carbocycles. The quantitative estimate of drug-likeness (QED) is 0.124. The van der Waals surface area contributed by atoms with E-state index < -0.39 is 9.84 Å². The zero-order valence-corrected chi connectivity index (χ0v) is 27.4. The van der Waals surface area contributed by atoms with Crippen LogP contribution in [0, 0.1) is 5.82 Å². The average molecular weight is 691 g/mol. The van der Waals surface area contributed by atoms with Gasteiger partial charge in [0.2, 0.25) is 0 Å². The Morgan fingerprint density at radius 1 is 0.979 bits per heavy atom. The third kappa shape index (κ3) is 7.83. The lowest BCUT2D eigenvalue weighted by molar-refractivity contribution is 0.306. The highest BCUT2D eigenvalue weighted by Crippen LogP contribution is 2.37. The molecule has 0 aliphatic heterocycles. The lowest BCUT2D eigenvalue weighted by atomic mass is 10.1. The van der Waals surface area contributed by atoms with Crippen molar-refractivity contribution in [1.29, 1.82) is 0 Å². The minimum Gasteiger partial charge on any atom is -0.496 e. The van der Waals surface area contributed by atoms with Crippen LogP contribution in [0.2, 0.25) is 5.02 Å². The molecule has 0 bridgehead atoms. The number of nitrogens with one attached hydrogen (secondary N) is 2. The Morgan fingerprint density at radius 2 is 1.87 bits per heavy atom. The number of anilines is 2. The molecule has 10 nitrogen and oxygen atoms in total. The van der Waals surface area contributed by atoms with Gasteiger partial charge in [0.25, 0.3) is 0 Å². The number of halogens is 2. The summed E-state index contributed by atoms with van der Waals surface area (Å²) in [6.45, 7) is 0.828. The zero-order valence-electron chi connectivity index (χ0n) is 25.0. The van der Waals surface area contributed by atoms with Crippen LogP contribution in [-0.4, -0.2) is 47.8 Å². The topological polar surface area (TPSA) is 128 Å². The number of nitrogens with zero attached hydrogens (tertiary/aromatic N) is 4. The number of hydrogen-bond acceptors (Lipinski definition) is 11. The Hall–Kier alpha value is -4.69. The summed E-state index contributed by atoms with van der Waals surface area (Å²) in [4.78, 5) is 17.6. The molecule has 6 rings (SSSR count). The monoisotopic (exact) mass is 690 g/mol. The second kappa shape index (κ2) is 14.4. The molecule has 0 saturated carbocycles. The number of methoxy groups -OCH3 is 1. The molecule has 0 amide bonds. The van der Waals surface area contributed by atoms with Crippen molar-refractivity contribution in [3.05, 3.63) is 112 Å². The molecule has 6 aromatic rings. The largest absolute Gasteiger partial charge is 0.496 e. The van der Waals surface area contributed by atoms with E-state index in [9.17, 15) is 12.8 Å². The van der Waals surface area contributed by atoms with Gasteiger partial charge in [0, 0.05) is 47.4 Å². The van der Waals surface area contributed by atoms with Crippen LogP contribution in [0.25, 0.3) is 22.2 Å². The summed E-state index contributed by atoms with van der Waals surface area (Å²) >= 11 is 7.97. The summed E-state index contributed by atoms with van der Waals surface area (Å²) < 4.78 is 50.0. The third-order valence-electron chi connectivity index (χ3n) is 7.04. The van der Waals surface area contributed by atoms with Crippen molar-refractivity contribution in [1.82, 2.24) is 25.3 Å². The number of ether oxygens (including phenoxy) is 2. The highest BCUT2D eigenvalue weighted by atomic mass is 35.5. The van der Waals surface area contributed by atoms with Gasteiger partial charge in [-0.1, -0.05) is 29.8 Å². The lowest BCUT2D eigenvalue weighted by Crippen LogP contribution is -2.23. The van der Waals surface area contributed by atoms with Gasteiger partial charge >= 0.3 is 0 Å². The molecule has 3 aromatic heterocycles. The van der Waals surface area contributed by atoms with E-state index in [1.807, 2.05) is 23.6 Å². The standard InChI is InChI=1S/C33H28ClFN6O4S2/c1-44-30-16-27-25(15-24(30)28-19-46-31(41-28)17-36-11-12-47(42,43)32-7-2-3-10-37-32)33(39-20-38-27)40-23-8-9-29(26(34)14-23)45-18-21-5-4-6-22(35)13-21/h2-10,13-16,19-20,36H,11-12,17-18H2,1H3,(H,38,39,40). The molecule has 0 saturated heterocycles. The van der Waals surface area contributed by atoms with Crippen molar-refractivity contribution in [2.24, 2.45) is 0 Å². The summed E-state index contributed by atoms with van der Waals surface area (Å²) in [5, 5.41) is 10.4. The van der Waals surface area contributed by atoms with Gasteiger partial charge < -0.3 is 20.1 Å². The van der Waals surface area contributed by atoms with Gasteiger partial charge in [-0.15, -0.1) is 11.3 Å². The van der Waals surface area contributed by atoms with E-state index in [-0.39, 0.29) is 29.7 Å². The number of fused-ring (bicyclic) bond motifs is 1. The smallest absolute Gasteiger partial charge is 0.196 e. The second-order valence-corrected chi connectivity index (χ2v) is 13.7. The zero-order chi connectivity index (χ0) is 32.8. The summed E-state index contributed by atoms with van der Waals surface area (Å²) in [6.07, 6.45) is 2.92. The molecule has 3 heterocycles. The fraction of sp³-hybridized carbons (Fsp3) is 0.152. The summed E-state index contributed by atoms with van der Waals surface area (Å²) in [7, 11) is -1.89. The number of rotatable bonds is 13. The molecule has 14 heteroatoms. The Labute approximate surface area is 279 Å². The van der Waals surface area contributed by atoms with Gasteiger partial charge in [-0.05, 0) is 54.1 Å². The molecule has 0 spiro atoms. The number of sulfone groups is 1. The highest BCUT2D eigenvalue weighted by Gasteiger charge is 2.17. The molecular weight excluding hydrogens is 663 g/mol. The van der Waals surface area contributed by atoms with E-state index in [1.165, 1.54) is 42.1 Å². The van der Waals surface area contributed by atoms with Crippen LogP contribution in [0.4, 0.5) is 15.9 Å². The Balaban J connectivity index is 1.16. The average Bonchev–Trinajstić information content (AvgIpc) is 3.55. The molecule has 2 N–H and O–H groups in total. The number of hydrogen-bond donors (Lipinski definition) is 2. The predicted octanol–water partition coefficient (Wildman–Crippen LogP) is 6.84. The van der Waals surface area contributed by atoms with Crippen LogP contribution >= 0.6 is 22.9 Å². The maximum Gasteiger partial charge on any atom is 0.196 e. The molecule has 240 valence electrons. The maximum absolute atomic E-state index is 13.5. The maximum atomic E-state index is 13.5. The van der Waals surface area contributed by atoms with Crippen molar-refractivity contribution in [2.75, 3.05) is 24.7 Å². The van der Waals surface area contributed by atoms with E-state index in [2.05, 4.69) is 25.6 Å². The highest BCUT2D eigenvalue weighted by molar-refractivity contribution is 7.91. The summed E-state index contributed by atoms with van der Waals surface area (Å²) in [6, 6.07) is 20.0. The van der Waals surface area contributed by atoms with Gasteiger partial charge in [0.1, 0.15) is 41.1 Å². The summed E-state index contributed by atoms with van der Waals surface area (Å²) in [5.74, 6) is 1.20. The van der Waals surface area contributed by atoms with E-state index >= 15 is 0 Å². The molecule has 0 aliphatic carbocycles. The molecule has 47 heavy (non-hydrogen) atoms. The molecule has 0 unspecified atom stereocenters. The van der Waals surface area contributed by atoms with E-state index in [4.69, 9.17) is 26.1 Å². The number of thiazole rings is 1. The van der Waals surface area contributed by atoms with Gasteiger partial charge in [-0.2, -0.15) is 0 Å². The van der Waals surface area contributed by atoms with Gasteiger partial charge in [-0.25, -0.2) is 32.7 Å². The van der Waals surface area contributed by atoms with Crippen LogP contribution in [-0.2, 0) is 23.0 Å². The summed E-state index contributed by atoms with van der Waals surface area (Å²) in [5.41, 5.74) is 3.48. The van der Waals surface area contributed by atoms with Crippen molar-refractivity contribution in [2.45, 2.75) is 18.2 Å². The fourth-order valence-electron chi connectivity index (χ4n) is 4.73. The van der Waals surface area contributed by atoms with Crippen LogP contribution in [0.3, 0.4) is 0 Å². The molecular formula is C33H28ClFN6O4S2. The lowest BCUT2D eigenvalue weighted by Gasteiger charge is -2.13.